The van der Waals surface area contributed by atoms with Crippen LogP contribution >= 0.6 is 0 Å². The summed E-state index contributed by atoms with van der Waals surface area (Å²) in [6.07, 6.45) is 4.17. The van der Waals surface area contributed by atoms with Gasteiger partial charge in [-0.05, 0) is 36.2 Å². The molecular weight excluding hydrogens is 287 g/mol. The Morgan fingerprint density at radius 3 is 2.57 bits per heavy atom. The molecule has 0 fully saturated rings. The predicted octanol–water partition coefficient (Wildman–Crippen LogP) is 2.04. The van der Waals surface area contributed by atoms with Gasteiger partial charge in [-0.2, -0.15) is 0 Å². The quantitative estimate of drug-likeness (QED) is 0.507. The Morgan fingerprint density at radius 2 is 1.91 bits per heavy atom. The summed E-state index contributed by atoms with van der Waals surface area (Å²) in [5.41, 5.74) is 9.38. The first-order chi connectivity index (χ1) is 11.0. The fourth-order valence-corrected chi connectivity index (χ4v) is 3.59. The number of fused-ring (bicyclic) bond motifs is 1. The van der Waals surface area contributed by atoms with Gasteiger partial charge in [-0.15, -0.1) is 0 Å². The van der Waals surface area contributed by atoms with Gasteiger partial charge in [0.25, 0.3) is 0 Å². The van der Waals surface area contributed by atoms with Crippen molar-refractivity contribution in [1.82, 2.24) is 4.90 Å². The highest BCUT2D eigenvalue weighted by Crippen LogP contribution is 2.26. The van der Waals surface area contributed by atoms with Gasteiger partial charge in [-0.25, -0.2) is 0 Å². The number of hydrogen-bond donors (Lipinski definition) is 3. The third kappa shape index (κ3) is 5.61. The summed E-state index contributed by atoms with van der Waals surface area (Å²) in [4.78, 5) is 2.54. The lowest BCUT2D eigenvalue weighted by molar-refractivity contribution is 0.127. The van der Waals surface area contributed by atoms with Crippen LogP contribution in [0.3, 0.4) is 0 Å². The minimum atomic E-state index is -1.19. The van der Waals surface area contributed by atoms with Crippen LogP contribution in [-0.4, -0.2) is 40.7 Å². The minimum absolute atomic E-state index is 0.137. The fourth-order valence-electron chi connectivity index (χ4n) is 3.59. The molecule has 0 amide bonds. The van der Waals surface area contributed by atoms with Crippen molar-refractivity contribution in [2.75, 3.05) is 6.54 Å². The Balaban J connectivity index is 1.98. The Morgan fingerprint density at radius 1 is 1.22 bits per heavy atom. The van der Waals surface area contributed by atoms with E-state index in [2.05, 4.69) is 43.0 Å². The Kier molecular flexibility index (Phi) is 7.09. The fraction of sp³-hybridized carbons (Fsp3) is 0.667. The van der Waals surface area contributed by atoms with Crippen molar-refractivity contribution in [1.29, 1.82) is 0 Å². The van der Waals surface area contributed by atoms with E-state index in [0.717, 1.165) is 38.8 Å². The molecule has 23 heavy (non-hydrogen) atoms. The smallest absolute Gasteiger partial charge is 0.427 e. The normalized spacial score (nSPS) is 19.7. The minimum Gasteiger partial charge on any atom is -0.427 e. The molecule has 5 heteroatoms. The van der Waals surface area contributed by atoms with Crippen molar-refractivity contribution in [3.63, 3.8) is 0 Å². The molecule has 1 aromatic carbocycles. The molecule has 2 atom stereocenters. The maximum Gasteiger partial charge on any atom is 0.451 e. The summed E-state index contributed by atoms with van der Waals surface area (Å²) in [5.74, 6) is 0.625. The first kappa shape index (κ1) is 18.5. The standard InChI is InChI=1S/C18H31BN2O2/c1-14(2)12-21-13-16-8-4-3-7-15(16)11-18(21)17(20)9-5-6-10-19(22)23/h3-4,7-8,14,17-18,22-23H,5-6,9-13,20H2,1-2H3. The summed E-state index contributed by atoms with van der Waals surface area (Å²) >= 11 is 0. The van der Waals surface area contributed by atoms with E-state index in [0.29, 0.717) is 18.3 Å². The molecule has 0 saturated carbocycles. The lowest BCUT2D eigenvalue weighted by Crippen LogP contribution is -2.52. The summed E-state index contributed by atoms with van der Waals surface area (Å²) in [5, 5.41) is 17.9. The van der Waals surface area contributed by atoms with E-state index >= 15 is 0 Å². The van der Waals surface area contributed by atoms with Gasteiger partial charge < -0.3 is 15.8 Å². The topological polar surface area (TPSA) is 69.7 Å². The van der Waals surface area contributed by atoms with Crippen LogP contribution in [0.4, 0.5) is 0 Å². The number of unbranched alkanes of at least 4 members (excludes halogenated alkanes) is 1. The number of nitrogens with two attached hydrogens (primary N) is 1. The monoisotopic (exact) mass is 318 g/mol. The second-order valence-electron chi connectivity index (χ2n) is 7.29. The molecule has 1 heterocycles. The Hall–Kier alpha value is -0.875. The van der Waals surface area contributed by atoms with Crippen molar-refractivity contribution < 1.29 is 10.0 Å². The van der Waals surface area contributed by atoms with Crippen LogP contribution in [-0.2, 0) is 13.0 Å². The van der Waals surface area contributed by atoms with Gasteiger partial charge in [-0.1, -0.05) is 51.0 Å². The maximum atomic E-state index is 8.93. The molecule has 2 unspecified atom stereocenters. The van der Waals surface area contributed by atoms with Crippen molar-refractivity contribution in [2.45, 2.75) is 64.5 Å². The van der Waals surface area contributed by atoms with Crippen molar-refractivity contribution in [3.05, 3.63) is 35.4 Å². The van der Waals surface area contributed by atoms with Gasteiger partial charge in [0.05, 0.1) is 0 Å². The van der Waals surface area contributed by atoms with E-state index in [9.17, 15) is 0 Å². The van der Waals surface area contributed by atoms with Crippen LogP contribution in [0.1, 0.15) is 44.2 Å². The molecule has 0 aromatic heterocycles. The SMILES string of the molecule is CC(C)CN1Cc2ccccc2CC1C(N)CCCCB(O)O. The van der Waals surface area contributed by atoms with Crippen LogP contribution in [0.5, 0.6) is 0 Å². The molecule has 2 rings (SSSR count). The van der Waals surface area contributed by atoms with Crippen LogP contribution in [0.25, 0.3) is 0 Å². The van der Waals surface area contributed by atoms with Gasteiger partial charge in [0.2, 0.25) is 0 Å². The van der Waals surface area contributed by atoms with E-state index in [1.807, 2.05) is 0 Å². The van der Waals surface area contributed by atoms with E-state index in [1.165, 1.54) is 11.1 Å². The molecule has 1 aliphatic rings. The van der Waals surface area contributed by atoms with E-state index in [-0.39, 0.29) is 6.04 Å². The van der Waals surface area contributed by atoms with Crippen LogP contribution in [0, 0.1) is 5.92 Å². The summed E-state index contributed by atoms with van der Waals surface area (Å²) in [7, 11) is -1.19. The molecule has 0 radical (unpaired) electrons. The van der Waals surface area contributed by atoms with Gasteiger partial charge in [0, 0.05) is 25.2 Å². The number of benzene rings is 1. The molecule has 0 aliphatic carbocycles. The highest BCUT2D eigenvalue weighted by Gasteiger charge is 2.30. The molecule has 0 bridgehead atoms. The maximum absolute atomic E-state index is 8.93. The molecule has 0 saturated heterocycles. The van der Waals surface area contributed by atoms with Crippen LogP contribution < -0.4 is 5.73 Å². The van der Waals surface area contributed by atoms with E-state index in [1.54, 1.807) is 0 Å². The lowest BCUT2D eigenvalue weighted by atomic mass is 9.82. The predicted molar refractivity (Wildman–Crippen MR) is 96.0 cm³/mol. The van der Waals surface area contributed by atoms with Crippen LogP contribution in [0.15, 0.2) is 24.3 Å². The number of rotatable bonds is 8. The van der Waals surface area contributed by atoms with Gasteiger partial charge in [0.1, 0.15) is 0 Å². The average Bonchev–Trinajstić information content (AvgIpc) is 2.50. The zero-order valence-electron chi connectivity index (χ0n) is 14.5. The highest BCUT2D eigenvalue weighted by atomic mass is 16.4. The van der Waals surface area contributed by atoms with Crippen molar-refractivity contribution in [3.8, 4) is 0 Å². The summed E-state index contributed by atoms with van der Waals surface area (Å²) < 4.78 is 0. The first-order valence-corrected chi connectivity index (χ1v) is 8.90. The Labute approximate surface area is 140 Å². The molecule has 1 aromatic rings. The largest absolute Gasteiger partial charge is 0.451 e. The average molecular weight is 318 g/mol. The molecule has 0 spiro atoms. The van der Waals surface area contributed by atoms with Gasteiger partial charge in [0.15, 0.2) is 0 Å². The second kappa shape index (κ2) is 8.83. The Bertz CT molecular complexity index is 482. The molecule has 128 valence electrons. The van der Waals surface area contributed by atoms with Gasteiger partial charge >= 0.3 is 7.12 Å². The van der Waals surface area contributed by atoms with Crippen LogP contribution in [0.2, 0.25) is 6.32 Å². The molecule has 4 nitrogen and oxygen atoms in total. The number of nitrogens with zero attached hydrogens (tertiary/aromatic N) is 1. The van der Waals surface area contributed by atoms with Gasteiger partial charge in [-0.3, -0.25) is 4.90 Å². The summed E-state index contributed by atoms with van der Waals surface area (Å²) in [6, 6.07) is 9.20. The number of hydrogen-bond acceptors (Lipinski definition) is 4. The van der Waals surface area contributed by atoms with Crippen molar-refractivity contribution in [2.24, 2.45) is 11.7 Å². The zero-order valence-corrected chi connectivity index (χ0v) is 14.5. The second-order valence-corrected chi connectivity index (χ2v) is 7.29. The summed E-state index contributed by atoms with van der Waals surface area (Å²) in [6.45, 7) is 6.57. The molecular formula is C18H31BN2O2. The first-order valence-electron chi connectivity index (χ1n) is 8.90. The molecule has 4 N–H and O–H groups in total. The van der Waals surface area contributed by atoms with E-state index in [4.69, 9.17) is 15.8 Å². The zero-order chi connectivity index (χ0) is 16.8. The third-order valence-corrected chi connectivity index (χ3v) is 4.73. The third-order valence-electron chi connectivity index (χ3n) is 4.73. The lowest BCUT2D eigenvalue weighted by Gasteiger charge is -2.41. The van der Waals surface area contributed by atoms with Crippen molar-refractivity contribution >= 4 is 7.12 Å². The molecule has 1 aliphatic heterocycles. The van der Waals surface area contributed by atoms with E-state index < -0.39 is 7.12 Å². The highest BCUT2D eigenvalue weighted by molar-refractivity contribution is 6.40.